The highest BCUT2D eigenvalue weighted by Crippen LogP contribution is 2.22. The Balaban J connectivity index is 3.07. The number of aliphatic hydroxyl groups is 2. The third-order valence-corrected chi connectivity index (χ3v) is 1.76. The van der Waals surface area contributed by atoms with Gasteiger partial charge in [0.15, 0.2) is 17.1 Å². The molecule has 6 nitrogen and oxygen atoms in total. The largest absolute Gasteiger partial charge is 0.384 e. The predicted molar refractivity (Wildman–Crippen MR) is 48.0 cm³/mol. The number of hydrogen-bond donors (Lipinski definition) is 3. The smallest absolute Gasteiger partial charge is 0.170 e. The van der Waals surface area contributed by atoms with E-state index in [0.717, 1.165) is 0 Å². The molecule has 1 aromatic heterocycles. The summed E-state index contributed by atoms with van der Waals surface area (Å²) in [4.78, 5) is 0. The monoisotopic (exact) mass is 214 g/mol. The lowest BCUT2D eigenvalue weighted by Crippen LogP contribution is -2.18. The molecule has 2 unspecified atom stereocenters. The van der Waals surface area contributed by atoms with E-state index in [1.807, 2.05) is 0 Å². The van der Waals surface area contributed by atoms with Crippen LogP contribution in [0.3, 0.4) is 0 Å². The molecule has 0 aliphatic carbocycles. The summed E-state index contributed by atoms with van der Waals surface area (Å²) < 4.78 is 0. The van der Waals surface area contributed by atoms with Gasteiger partial charge >= 0.3 is 0 Å². The van der Waals surface area contributed by atoms with Crippen LogP contribution in [0.2, 0.25) is 5.15 Å². The van der Waals surface area contributed by atoms with Crippen LogP contribution in [0.5, 0.6) is 0 Å². The first-order valence-corrected chi connectivity index (χ1v) is 3.98. The molecule has 0 bridgehead atoms. The van der Waals surface area contributed by atoms with E-state index in [1.165, 1.54) is 12.1 Å². The minimum Gasteiger partial charge on any atom is -0.384 e. The maximum absolute atomic E-state index is 9.42. The van der Waals surface area contributed by atoms with Crippen LogP contribution >= 0.6 is 11.6 Å². The second-order valence-electron chi connectivity index (χ2n) is 2.53. The molecule has 1 rings (SSSR count). The van der Waals surface area contributed by atoms with Crippen LogP contribution in [0.15, 0.2) is 6.07 Å². The Morgan fingerprint density at radius 2 is 2.14 bits per heavy atom. The maximum Gasteiger partial charge on any atom is 0.170 e. The second kappa shape index (κ2) is 4.19. The minimum atomic E-state index is -1.57. The van der Waals surface area contributed by atoms with Crippen molar-refractivity contribution < 1.29 is 10.2 Å². The number of nitrogens with zero attached hydrogens (tertiary/aromatic N) is 3. The molecule has 0 amide bonds. The van der Waals surface area contributed by atoms with Crippen molar-refractivity contribution in [1.82, 2.24) is 10.2 Å². The standard InChI is InChI=1S/C7H7ClN4O2/c8-5-1-3(7(10)12-11-5)6(14)4(13)2-9/h1,4,6,13-14H,(H2,10,12). The summed E-state index contributed by atoms with van der Waals surface area (Å²) in [5, 5.41) is 33.7. The zero-order valence-electron chi connectivity index (χ0n) is 6.92. The van der Waals surface area contributed by atoms with Crippen molar-refractivity contribution in [2.75, 3.05) is 5.73 Å². The molecular weight excluding hydrogens is 208 g/mol. The first-order chi connectivity index (χ1) is 6.56. The molecule has 14 heavy (non-hydrogen) atoms. The Hall–Kier alpha value is -1.42. The third kappa shape index (κ3) is 2.09. The minimum absolute atomic E-state index is 0.0263. The second-order valence-corrected chi connectivity index (χ2v) is 2.91. The number of aromatic nitrogens is 2. The van der Waals surface area contributed by atoms with E-state index >= 15 is 0 Å². The molecule has 2 atom stereocenters. The van der Waals surface area contributed by atoms with E-state index in [4.69, 9.17) is 27.7 Å². The van der Waals surface area contributed by atoms with Gasteiger partial charge in [-0.15, -0.1) is 10.2 Å². The van der Waals surface area contributed by atoms with Crippen LogP contribution in [0.1, 0.15) is 11.7 Å². The summed E-state index contributed by atoms with van der Waals surface area (Å²) in [5.41, 5.74) is 5.45. The SMILES string of the molecule is N#CC(O)C(O)c1cc(Cl)nnc1N. The number of nitriles is 1. The normalized spacial score (nSPS) is 14.4. The van der Waals surface area contributed by atoms with E-state index in [-0.39, 0.29) is 16.5 Å². The van der Waals surface area contributed by atoms with Gasteiger partial charge in [-0.2, -0.15) is 5.26 Å². The predicted octanol–water partition coefficient (Wildman–Crippen LogP) is -0.370. The van der Waals surface area contributed by atoms with Gasteiger partial charge < -0.3 is 15.9 Å². The van der Waals surface area contributed by atoms with Crippen LogP contribution in [0.4, 0.5) is 5.82 Å². The molecule has 0 aliphatic rings. The summed E-state index contributed by atoms with van der Waals surface area (Å²) in [6.07, 6.45) is -3.01. The van der Waals surface area contributed by atoms with Crippen molar-refractivity contribution in [1.29, 1.82) is 5.26 Å². The number of hydrogen-bond acceptors (Lipinski definition) is 6. The number of aliphatic hydroxyl groups excluding tert-OH is 2. The van der Waals surface area contributed by atoms with Crippen LogP contribution in [0.25, 0.3) is 0 Å². The Kier molecular flexibility index (Phi) is 3.19. The molecule has 1 heterocycles. The summed E-state index contributed by atoms with van der Waals surface area (Å²) in [7, 11) is 0. The number of nitrogens with two attached hydrogens (primary N) is 1. The van der Waals surface area contributed by atoms with Gasteiger partial charge in [-0.3, -0.25) is 0 Å². The lowest BCUT2D eigenvalue weighted by atomic mass is 10.1. The maximum atomic E-state index is 9.42. The number of nitrogen functional groups attached to an aromatic ring is 1. The molecule has 0 saturated carbocycles. The fourth-order valence-electron chi connectivity index (χ4n) is 0.868. The van der Waals surface area contributed by atoms with Crippen LogP contribution < -0.4 is 5.73 Å². The van der Waals surface area contributed by atoms with Gasteiger partial charge in [0.05, 0.1) is 6.07 Å². The molecule has 0 aromatic carbocycles. The van der Waals surface area contributed by atoms with Gasteiger partial charge in [0.25, 0.3) is 0 Å². The molecule has 0 radical (unpaired) electrons. The van der Waals surface area contributed by atoms with Gasteiger partial charge in [-0.1, -0.05) is 11.6 Å². The van der Waals surface area contributed by atoms with Crippen molar-refractivity contribution in [2.45, 2.75) is 12.2 Å². The quantitative estimate of drug-likeness (QED) is 0.579. The van der Waals surface area contributed by atoms with Crippen molar-refractivity contribution in [2.24, 2.45) is 0 Å². The first-order valence-electron chi connectivity index (χ1n) is 3.60. The molecule has 0 saturated heterocycles. The summed E-state index contributed by atoms with van der Waals surface area (Å²) in [6, 6.07) is 2.71. The lowest BCUT2D eigenvalue weighted by Gasteiger charge is -2.12. The zero-order chi connectivity index (χ0) is 10.7. The van der Waals surface area contributed by atoms with E-state index in [0.29, 0.717) is 0 Å². The number of rotatable bonds is 2. The summed E-state index contributed by atoms with van der Waals surface area (Å²) in [5.74, 6) is -0.0730. The Labute approximate surface area is 84.6 Å². The van der Waals surface area contributed by atoms with Gasteiger partial charge in [-0.05, 0) is 6.07 Å². The highest BCUT2D eigenvalue weighted by Gasteiger charge is 2.21. The van der Waals surface area contributed by atoms with E-state index < -0.39 is 12.2 Å². The fraction of sp³-hybridized carbons (Fsp3) is 0.286. The average Bonchev–Trinajstić information content (AvgIpc) is 2.19. The first kappa shape index (κ1) is 10.7. The van der Waals surface area contributed by atoms with Crippen molar-refractivity contribution in [3.63, 3.8) is 0 Å². The summed E-state index contributed by atoms with van der Waals surface area (Å²) in [6.45, 7) is 0. The van der Waals surface area contributed by atoms with E-state index in [9.17, 15) is 5.11 Å². The third-order valence-electron chi connectivity index (χ3n) is 1.57. The van der Waals surface area contributed by atoms with Gasteiger partial charge in [-0.25, -0.2) is 0 Å². The van der Waals surface area contributed by atoms with E-state index in [2.05, 4.69) is 10.2 Å². The van der Waals surface area contributed by atoms with Gasteiger partial charge in [0.1, 0.15) is 6.10 Å². The number of anilines is 1. The molecule has 1 aromatic rings. The van der Waals surface area contributed by atoms with Crippen LogP contribution in [-0.4, -0.2) is 26.5 Å². The van der Waals surface area contributed by atoms with Crippen molar-refractivity contribution in [3.05, 3.63) is 16.8 Å². The average molecular weight is 215 g/mol. The van der Waals surface area contributed by atoms with Crippen molar-refractivity contribution in [3.8, 4) is 6.07 Å². The Bertz CT molecular complexity index is 378. The van der Waals surface area contributed by atoms with Crippen LogP contribution in [-0.2, 0) is 0 Å². The van der Waals surface area contributed by atoms with Gasteiger partial charge in [0, 0.05) is 5.56 Å². The van der Waals surface area contributed by atoms with Gasteiger partial charge in [0.2, 0.25) is 0 Å². The topological polar surface area (TPSA) is 116 Å². The number of halogens is 1. The zero-order valence-corrected chi connectivity index (χ0v) is 7.68. The lowest BCUT2D eigenvalue weighted by molar-refractivity contribution is 0.0530. The Morgan fingerprint density at radius 1 is 1.50 bits per heavy atom. The molecule has 0 fully saturated rings. The highest BCUT2D eigenvalue weighted by molar-refractivity contribution is 6.29. The molecular formula is C7H7ClN4O2. The highest BCUT2D eigenvalue weighted by atomic mass is 35.5. The van der Waals surface area contributed by atoms with E-state index in [1.54, 1.807) is 0 Å². The fourth-order valence-corrected chi connectivity index (χ4v) is 1.02. The summed E-state index contributed by atoms with van der Waals surface area (Å²) >= 11 is 5.50. The Morgan fingerprint density at radius 3 is 2.71 bits per heavy atom. The molecule has 4 N–H and O–H groups in total. The van der Waals surface area contributed by atoms with Crippen LogP contribution in [0, 0.1) is 11.3 Å². The molecule has 7 heteroatoms. The van der Waals surface area contributed by atoms with Crippen molar-refractivity contribution >= 4 is 17.4 Å². The molecule has 74 valence electrons. The molecule has 0 spiro atoms. The molecule has 0 aliphatic heterocycles.